The predicted octanol–water partition coefficient (Wildman–Crippen LogP) is 15.5. The number of hydrogen-bond acceptors (Lipinski definition) is 2. The molecule has 9 aromatic rings. The minimum absolute atomic E-state index is 0.0308. The van der Waals surface area contributed by atoms with Crippen LogP contribution in [0, 0.1) is 0 Å². The van der Waals surface area contributed by atoms with Gasteiger partial charge in [-0.1, -0.05) is 199 Å². The summed E-state index contributed by atoms with van der Waals surface area (Å²) >= 11 is 0. The third kappa shape index (κ3) is 7.59. The summed E-state index contributed by atoms with van der Waals surface area (Å²) in [5, 5.41) is 6.40. The Labute approximate surface area is 372 Å². The second-order valence-electron chi connectivity index (χ2n) is 18.9. The number of fused-ring (bicyclic) bond motifs is 3. The zero-order valence-corrected chi connectivity index (χ0v) is 37.0. The highest BCUT2D eigenvalue weighted by molar-refractivity contribution is 6.16. The van der Waals surface area contributed by atoms with Gasteiger partial charge in [0.1, 0.15) is 5.84 Å². The maximum absolute atomic E-state index is 5.44. The van der Waals surface area contributed by atoms with Gasteiger partial charge >= 0.3 is 0 Å². The van der Waals surface area contributed by atoms with E-state index in [4.69, 9.17) is 4.99 Å². The Hall–Kier alpha value is -7.23. The van der Waals surface area contributed by atoms with Crippen LogP contribution in [0.1, 0.15) is 75.4 Å². The highest BCUT2D eigenvalue weighted by Crippen LogP contribution is 2.47. The summed E-state index contributed by atoms with van der Waals surface area (Å²) < 4.78 is 2.58. The number of nitrogens with one attached hydrogen (secondary N) is 1. The van der Waals surface area contributed by atoms with Crippen molar-refractivity contribution in [2.24, 2.45) is 4.99 Å². The number of benzene rings is 8. The third-order valence-corrected chi connectivity index (χ3v) is 12.5. The van der Waals surface area contributed by atoms with Crippen molar-refractivity contribution in [3.05, 3.63) is 228 Å². The molecule has 0 saturated carbocycles. The Morgan fingerprint density at radius 2 is 0.921 bits per heavy atom. The summed E-state index contributed by atoms with van der Waals surface area (Å²) in [6, 6.07) is 70.7. The Kier molecular flexibility index (Phi) is 10.1. The molecule has 0 radical (unpaired) electrons. The van der Waals surface area contributed by atoms with Crippen LogP contribution >= 0.6 is 0 Å². The SMILES string of the molecule is CC(C)(C)c1ccc2c(c1)c1cc(C(C)(C)C)cc(-c3ccccc3)c1n2-c1c(-c2ccccc2)cc(C2=NC(c3ccccc3)=CC(c3ccccc3)N2)cc1-c1ccccc1. The van der Waals surface area contributed by atoms with Gasteiger partial charge in [-0.25, -0.2) is 4.99 Å². The molecule has 2 heterocycles. The van der Waals surface area contributed by atoms with E-state index in [1.54, 1.807) is 0 Å². The third-order valence-electron chi connectivity index (χ3n) is 12.5. The van der Waals surface area contributed by atoms with Crippen molar-refractivity contribution >= 4 is 33.3 Å². The Bertz CT molecular complexity index is 3100. The first kappa shape index (κ1) is 39.9. The van der Waals surface area contributed by atoms with Crippen LogP contribution in [0.15, 0.2) is 205 Å². The predicted molar refractivity (Wildman–Crippen MR) is 268 cm³/mol. The molecule has 308 valence electrons. The normalized spacial score (nSPS) is 14.3. The molecule has 1 atom stereocenters. The summed E-state index contributed by atoms with van der Waals surface area (Å²) in [4.78, 5) is 5.44. The molecule has 0 amide bonds. The van der Waals surface area contributed by atoms with E-state index in [0.29, 0.717) is 0 Å². The van der Waals surface area contributed by atoms with E-state index in [1.165, 1.54) is 49.6 Å². The standard InChI is InChI=1S/C60H53N3/c1-59(2,3)46-32-33-55-51(36-46)52-38-47(60(4,5)6)37-50(42-26-16-9-17-27-42)57(52)63(55)56-48(40-22-12-7-13-23-40)34-45(35-49(56)41-24-14-8-15-25-41)58-61-53(43-28-18-10-19-29-43)39-54(62-58)44-30-20-11-21-31-44/h7-39,53H,1-6H3,(H,61,62). The molecule has 1 N–H and O–H groups in total. The molecule has 1 aliphatic rings. The van der Waals surface area contributed by atoms with Gasteiger partial charge in [0.25, 0.3) is 0 Å². The topological polar surface area (TPSA) is 29.3 Å². The van der Waals surface area contributed by atoms with Crippen molar-refractivity contribution in [3.8, 4) is 39.1 Å². The summed E-state index contributed by atoms with van der Waals surface area (Å²) in [7, 11) is 0. The van der Waals surface area contributed by atoms with E-state index in [2.05, 4.69) is 252 Å². The second-order valence-corrected chi connectivity index (χ2v) is 18.9. The van der Waals surface area contributed by atoms with Gasteiger partial charge in [-0.2, -0.15) is 0 Å². The number of nitrogens with zero attached hydrogens (tertiary/aromatic N) is 2. The first-order chi connectivity index (χ1) is 30.5. The highest BCUT2D eigenvalue weighted by atomic mass is 15.1. The van der Waals surface area contributed by atoms with Crippen LogP contribution in [-0.2, 0) is 10.8 Å². The van der Waals surface area contributed by atoms with Crippen LogP contribution < -0.4 is 5.32 Å². The summed E-state index contributed by atoms with van der Waals surface area (Å²) in [6.07, 6.45) is 2.25. The molecule has 10 rings (SSSR count). The zero-order valence-electron chi connectivity index (χ0n) is 37.0. The molecule has 8 aromatic carbocycles. The molecule has 1 aliphatic heterocycles. The Morgan fingerprint density at radius 1 is 0.444 bits per heavy atom. The molecule has 3 heteroatoms. The largest absolute Gasteiger partial charge is 0.359 e. The first-order valence-corrected chi connectivity index (χ1v) is 22.2. The summed E-state index contributed by atoms with van der Waals surface area (Å²) in [5.74, 6) is 0.836. The number of aromatic nitrogens is 1. The minimum Gasteiger partial charge on any atom is -0.359 e. The van der Waals surface area contributed by atoms with Crippen LogP contribution in [0.2, 0.25) is 0 Å². The first-order valence-electron chi connectivity index (χ1n) is 22.2. The monoisotopic (exact) mass is 815 g/mol. The van der Waals surface area contributed by atoms with Crippen molar-refractivity contribution in [2.75, 3.05) is 0 Å². The Balaban J connectivity index is 1.35. The smallest absolute Gasteiger partial charge is 0.134 e. The molecule has 1 aromatic heterocycles. The lowest BCUT2D eigenvalue weighted by Gasteiger charge is -2.27. The maximum atomic E-state index is 5.44. The van der Waals surface area contributed by atoms with E-state index in [9.17, 15) is 0 Å². The van der Waals surface area contributed by atoms with Crippen LogP contribution in [0.5, 0.6) is 0 Å². The van der Waals surface area contributed by atoms with E-state index >= 15 is 0 Å². The number of hydrogen-bond donors (Lipinski definition) is 1. The van der Waals surface area contributed by atoms with Crippen LogP contribution in [0.3, 0.4) is 0 Å². The molecule has 1 unspecified atom stereocenters. The molecule has 0 saturated heterocycles. The van der Waals surface area contributed by atoms with Gasteiger partial charge in [0.05, 0.1) is 28.5 Å². The fraction of sp³-hybridized carbons (Fsp3) is 0.150. The molecular weight excluding hydrogens is 763 g/mol. The van der Waals surface area contributed by atoms with Crippen molar-refractivity contribution in [1.29, 1.82) is 0 Å². The van der Waals surface area contributed by atoms with Gasteiger partial charge in [-0.05, 0) is 92.2 Å². The van der Waals surface area contributed by atoms with Crippen molar-refractivity contribution in [1.82, 2.24) is 9.88 Å². The van der Waals surface area contributed by atoms with Crippen molar-refractivity contribution in [2.45, 2.75) is 58.4 Å². The quantitative estimate of drug-likeness (QED) is 0.171. The van der Waals surface area contributed by atoms with E-state index in [1.807, 2.05) is 0 Å². The fourth-order valence-corrected chi connectivity index (χ4v) is 9.10. The average molecular weight is 816 g/mol. The van der Waals surface area contributed by atoms with Crippen LogP contribution in [-0.4, -0.2) is 10.4 Å². The van der Waals surface area contributed by atoms with Crippen LogP contribution in [0.4, 0.5) is 0 Å². The van der Waals surface area contributed by atoms with E-state index < -0.39 is 0 Å². The molecule has 0 fully saturated rings. The average Bonchev–Trinajstić information content (AvgIpc) is 3.65. The number of amidine groups is 1. The maximum Gasteiger partial charge on any atom is 0.134 e. The lowest BCUT2D eigenvalue weighted by Crippen LogP contribution is -2.31. The molecule has 63 heavy (non-hydrogen) atoms. The molecular formula is C60H53N3. The van der Waals surface area contributed by atoms with E-state index in [0.717, 1.165) is 50.6 Å². The van der Waals surface area contributed by atoms with Gasteiger partial charge in [0.2, 0.25) is 0 Å². The van der Waals surface area contributed by atoms with Crippen LogP contribution in [0.25, 0.3) is 66.6 Å². The van der Waals surface area contributed by atoms with Gasteiger partial charge in [0, 0.05) is 33.0 Å². The number of rotatable bonds is 7. The van der Waals surface area contributed by atoms with Gasteiger partial charge < -0.3 is 9.88 Å². The molecule has 0 aliphatic carbocycles. The Morgan fingerprint density at radius 3 is 1.44 bits per heavy atom. The van der Waals surface area contributed by atoms with Crippen molar-refractivity contribution < 1.29 is 0 Å². The van der Waals surface area contributed by atoms with E-state index in [-0.39, 0.29) is 16.9 Å². The molecule has 0 spiro atoms. The minimum atomic E-state index is -0.0753. The second kappa shape index (κ2) is 15.9. The zero-order chi connectivity index (χ0) is 43.3. The summed E-state index contributed by atoms with van der Waals surface area (Å²) in [5.41, 5.74) is 17.2. The summed E-state index contributed by atoms with van der Waals surface area (Å²) in [6.45, 7) is 13.9. The molecule has 0 bridgehead atoms. The van der Waals surface area contributed by atoms with Gasteiger partial charge in [0.15, 0.2) is 0 Å². The molecule has 3 nitrogen and oxygen atoms in total. The fourth-order valence-electron chi connectivity index (χ4n) is 9.10. The van der Waals surface area contributed by atoms with Gasteiger partial charge in [-0.15, -0.1) is 0 Å². The lowest BCUT2D eigenvalue weighted by atomic mass is 9.83. The number of aliphatic imine (C=N–C) groups is 1. The van der Waals surface area contributed by atoms with Gasteiger partial charge in [-0.3, -0.25) is 0 Å². The highest BCUT2D eigenvalue weighted by Gasteiger charge is 2.28. The van der Waals surface area contributed by atoms with Crippen molar-refractivity contribution in [3.63, 3.8) is 0 Å². The lowest BCUT2D eigenvalue weighted by molar-refractivity contribution is 0.590.